The minimum atomic E-state index is -4.92. The van der Waals surface area contributed by atoms with Crippen LogP contribution in [-0.4, -0.2) is 18.9 Å². The average molecular weight is 259 g/mol. The van der Waals surface area contributed by atoms with Gasteiger partial charge in [0.1, 0.15) is 6.61 Å². The number of hydrogen-bond acceptors (Lipinski definition) is 4. The van der Waals surface area contributed by atoms with Crippen molar-refractivity contribution in [1.29, 1.82) is 0 Å². The van der Waals surface area contributed by atoms with Crippen LogP contribution in [0.1, 0.15) is 10.4 Å². The van der Waals surface area contributed by atoms with Gasteiger partial charge in [-0.05, 0) is 18.2 Å². The summed E-state index contributed by atoms with van der Waals surface area (Å²) in [7, 11) is 0. The Kier molecular flexibility index (Phi) is 4.05. The van der Waals surface area contributed by atoms with E-state index in [1.807, 2.05) is 5.92 Å². The van der Waals surface area contributed by atoms with Crippen LogP contribution < -0.4 is 14.6 Å². The largest absolute Gasteiger partial charge is 0.573 e. The first-order valence-corrected chi connectivity index (χ1v) is 4.51. The van der Waals surface area contributed by atoms with E-state index in [1.54, 1.807) is 0 Å². The molecular weight excluding hydrogens is 253 g/mol. The van der Waals surface area contributed by atoms with Gasteiger partial charge in [0, 0.05) is 5.56 Å². The topological polar surface area (TPSA) is 58.6 Å². The highest BCUT2D eigenvalue weighted by atomic mass is 19.4. The Balaban J connectivity index is 3.08. The molecule has 0 saturated carbocycles. The summed E-state index contributed by atoms with van der Waals surface area (Å²) in [5.41, 5.74) is -0.350. The number of rotatable bonds is 4. The summed E-state index contributed by atoms with van der Waals surface area (Å²) >= 11 is 0. The number of carboxylic acid groups (broad SMARTS) is 1. The van der Waals surface area contributed by atoms with Gasteiger partial charge in [0.25, 0.3) is 0 Å². The van der Waals surface area contributed by atoms with E-state index >= 15 is 0 Å². The van der Waals surface area contributed by atoms with Crippen molar-refractivity contribution < 1.29 is 32.5 Å². The predicted octanol–water partition coefficient (Wildman–Crippen LogP) is 0.961. The van der Waals surface area contributed by atoms with Gasteiger partial charge in [0.15, 0.2) is 11.5 Å². The first-order chi connectivity index (χ1) is 8.33. The molecule has 4 nitrogen and oxygen atoms in total. The molecule has 1 rings (SSSR count). The monoisotopic (exact) mass is 259 g/mol. The molecule has 0 fully saturated rings. The lowest BCUT2D eigenvalue weighted by atomic mass is 10.2. The van der Waals surface area contributed by atoms with E-state index < -0.39 is 23.8 Å². The quantitative estimate of drug-likeness (QED) is 0.756. The van der Waals surface area contributed by atoms with E-state index in [-0.39, 0.29) is 12.2 Å². The van der Waals surface area contributed by atoms with Crippen LogP contribution in [0.3, 0.4) is 0 Å². The van der Waals surface area contributed by atoms with Crippen LogP contribution >= 0.6 is 0 Å². The third-order valence-electron chi connectivity index (χ3n) is 1.72. The Morgan fingerprint density at radius 3 is 2.56 bits per heavy atom. The molecule has 0 atom stereocenters. The van der Waals surface area contributed by atoms with Crippen LogP contribution in [0.25, 0.3) is 0 Å². The van der Waals surface area contributed by atoms with Crippen molar-refractivity contribution in [2.45, 2.75) is 6.36 Å². The van der Waals surface area contributed by atoms with Crippen molar-refractivity contribution in [3.63, 3.8) is 0 Å². The first-order valence-electron chi connectivity index (χ1n) is 4.51. The van der Waals surface area contributed by atoms with Crippen molar-refractivity contribution in [1.82, 2.24) is 0 Å². The maximum absolute atomic E-state index is 12.1. The molecular formula is C11H6F3O4-. The van der Waals surface area contributed by atoms with Gasteiger partial charge in [-0.25, -0.2) is 0 Å². The summed E-state index contributed by atoms with van der Waals surface area (Å²) in [6.45, 7) is -0.329. The van der Waals surface area contributed by atoms with E-state index in [0.29, 0.717) is 0 Å². The molecule has 0 saturated heterocycles. The van der Waals surface area contributed by atoms with E-state index in [1.165, 1.54) is 0 Å². The fraction of sp³-hybridized carbons (Fsp3) is 0.182. The number of halogens is 3. The summed E-state index contributed by atoms with van der Waals surface area (Å²) < 4.78 is 44.6. The fourth-order valence-electron chi connectivity index (χ4n) is 1.08. The number of alkyl halides is 3. The van der Waals surface area contributed by atoms with Crippen LogP contribution in [0.2, 0.25) is 0 Å². The number of aromatic carboxylic acids is 1. The van der Waals surface area contributed by atoms with E-state index in [4.69, 9.17) is 11.2 Å². The Hall–Kier alpha value is -2.36. The molecule has 0 heterocycles. The first kappa shape index (κ1) is 13.7. The Labute approximate surface area is 99.9 Å². The van der Waals surface area contributed by atoms with Gasteiger partial charge >= 0.3 is 6.36 Å². The minimum Gasteiger partial charge on any atom is -0.545 e. The third kappa shape index (κ3) is 3.90. The van der Waals surface area contributed by atoms with Crippen molar-refractivity contribution in [2.24, 2.45) is 0 Å². The maximum atomic E-state index is 12.1. The summed E-state index contributed by atoms with van der Waals surface area (Å²) in [5.74, 6) is -0.626. The summed E-state index contributed by atoms with van der Waals surface area (Å²) in [6.07, 6.45) is -0.0346. The smallest absolute Gasteiger partial charge is 0.545 e. The zero-order chi connectivity index (χ0) is 13.8. The van der Waals surface area contributed by atoms with Gasteiger partial charge in [-0.1, -0.05) is 5.92 Å². The number of terminal acetylenes is 1. The van der Waals surface area contributed by atoms with Crippen LogP contribution in [0.15, 0.2) is 18.2 Å². The van der Waals surface area contributed by atoms with E-state index in [0.717, 1.165) is 18.2 Å². The molecule has 0 amide bonds. The van der Waals surface area contributed by atoms with Crippen molar-refractivity contribution in [3.05, 3.63) is 23.8 Å². The van der Waals surface area contributed by atoms with E-state index in [2.05, 4.69) is 4.74 Å². The molecule has 0 radical (unpaired) electrons. The second-order valence-electron chi connectivity index (χ2n) is 2.99. The molecule has 96 valence electrons. The lowest BCUT2D eigenvalue weighted by molar-refractivity contribution is -0.275. The van der Waals surface area contributed by atoms with Crippen molar-refractivity contribution in [2.75, 3.05) is 6.61 Å². The standard InChI is InChI=1S/C11H7F3O4/c1-2-5-17-9-6-7(10(15)16)3-4-8(9)18-11(12,13)14/h1,3-4,6H,5H2,(H,15,16)/p-1. The van der Waals surface area contributed by atoms with Gasteiger partial charge in [0.2, 0.25) is 0 Å². The van der Waals surface area contributed by atoms with E-state index in [9.17, 15) is 23.1 Å². The molecule has 0 aliphatic heterocycles. The summed E-state index contributed by atoms with van der Waals surface area (Å²) in [4.78, 5) is 10.6. The highest BCUT2D eigenvalue weighted by Crippen LogP contribution is 2.32. The number of carbonyl (C=O) groups excluding carboxylic acids is 1. The molecule has 1 aromatic carbocycles. The van der Waals surface area contributed by atoms with Crippen molar-refractivity contribution in [3.8, 4) is 23.8 Å². The SMILES string of the molecule is C#CCOc1cc(C(=O)[O-])ccc1OC(F)(F)F. The van der Waals surface area contributed by atoms with Crippen molar-refractivity contribution >= 4 is 5.97 Å². The normalized spacial score (nSPS) is 10.6. The third-order valence-corrected chi connectivity index (χ3v) is 1.72. The van der Waals surface area contributed by atoms with Crippen LogP contribution in [0.4, 0.5) is 13.2 Å². The summed E-state index contributed by atoms with van der Waals surface area (Å²) in [5, 5.41) is 10.6. The number of hydrogen-bond donors (Lipinski definition) is 0. The van der Waals surface area contributed by atoms with Gasteiger partial charge < -0.3 is 19.4 Å². The van der Waals surface area contributed by atoms with Crippen LogP contribution in [-0.2, 0) is 0 Å². The number of carboxylic acids is 1. The minimum absolute atomic E-state index is 0.329. The lowest BCUT2D eigenvalue weighted by Gasteiger charge is -2.14. The molecule has 18 heavy (non-hydrogen) atoms. The molecule has 7 heteroatoms. The number of ether oxygens (including phenoxy) is 2. The Morgan fingerprint density at radius 1 is 1.39 bits per heavy atom. The number of benzene rings is 1. The van der Waals surface area contributed by atoms with Gasteiger partial charge in [-0.3, -0.25) is 0 Å². The predicted molar refractivity (Wildman–Crippen MR) is 51.8 cm³/mol. The Morgan fingerprint density at radius 2 is 2.06 bits per heavy atom. The Bertz CT molecular complexity index is 488. The van der Waals surface area contributed by atoms with Gasteiger partial charge in [-0.2, -0.15) is 0 Å². The molecule has 0 unspecified atom stereocenters. The molecule has 0 aliphatic rings. The van der Waals surface area contributed by atoms with Crippen LogP contribution in [0, 0.1) is 12.3 Å². The fourth-order valence-corrected chi connectivity index (χ4v) is 1.08. The second-order valence-corrected chi connectivity index (χ2v) is 2.99. The summed E-state index contributed by atoms with van der Waals surface area (Å²) in [6, 6.07) is 2.55. The van der Waals surface area contributed by atoms with Crippen LogP contribution in [0.5, 0.6) is 11.5 Å². The highest BCUT2D eigenvalue weighted by Gasteiger charge is 2.32. The molecule has 0 aromatic heterocycles. The number of carbonyl (C=O) groups is 1. The second kappa shape index (κ2) is 5.31. The molecule has 0 N–H and O–H groups in total. The van der Waals surface area contributed by atoms with Gasteiger partial charge in [-0.15, -0.1) is 19.6 Å². The molecule has 0 spiro atoms. The zero-order valence-electron chi connectivity index (χ0n) is 8.78. The van der Waals surface area contributed by atoms with Gasteiger partial charge in [0.05, 0.1) is 5.97 Å². The lowest BCUT2D eigenvalue weighted by Crippen LogP contribution is -2.22. The molecule has 0 aliphatic carbocycles. The average Bonchev–Trinajstić information content (AvgIpc) is 2.25. The molecule has 1 aromatic rings. The highest BCUT2D eigenvalue weighted by molar-refractivity contribution is 5.86. The molecule has 0 bridgehead atoms. The maximum Gasteiger partial charge on any atom is 0.573 e. The zero-order valence-corrected chi connectivity index (χ0v) is 8.78.